The van der Waals surface area contributed by atoms with Crippen molar-refractivity contribution in [2.45, 2.75) is 50.2 Å². The molecule has 3 atom stereocenters. The van der Waals surface area contributed by atoms with E-state index in [0.29, 0.717) is 23.1 Å². The molecule has 0 aliphatic carbocycles. The van der Waals surface area contributed by atoms with Gasteiger partial charge in [-0.2, -0.15) is 11.8 Å². The third kappa shape index (κ3) is 5.55. The van der Waals surface area contributed by atoms with Crippen LogP contribution in [0.5, 0.6) is 0 Å². The molecule has 2 N–H and O–H groups in total. The lowest BCUT2D eigenvalue weighted by Gasteiger charge is -2.24. The van der Waals surface area contributed by atoms with E-state index >= 15 is 0 Å². The number of hydrogen-bond donors (Lipinski definition) is 2. The third-order valence-corrected chi connectivity index (χ3v) is 3.82. The molecule has 3 unspecified atom stereocenters. The van der Waals surface area contributed by atoms with Crippen LogP contribution in [0.15, 0.2) is 0 Å². The smallest absolute Gasteiger partial charge is 0.0441 e. The largest absolute Gasteiger partial charge is 0.396 e. The average molecular weight is 205 g/mol. The van der Waals surface area contributed by atoms with Crippen LogP contribution < -0.4 is 5.32 Å². The molecule has 0 fully saturated rings. The van der Waals surface area contributed by atoms with Gasteiger partial charge in [-0.25, -0.2) is 0 Å². The Bertz CT molecular complexity index is 117. The van der Waals surface area contributed by atoms with Crippen LogP contribution in [0.4, 0.5) is 0 Å². The van der Waals surface area contributed by atoms with Gasteiger partial charge in [0.15, 0.2) is 0 Å². The maximum Gasteiger partial charge on any atom is 0.0441 e. The van der Waals surface area contributed by atoms with Gasteiger partial charge in [0, 0.05) is 23.1 Å². The fraction of sp³-hybridized carbons (Fsp3) is 1.00. The zero-order valence-corrected chi connectivity index (χ0v) is 10.0. The summed E-state index contributed by atoms with van der Waals surface area (Å²) in [6.45, 7) is 6.94. The summed E-state index contributed by atoms with van der Waals surface area (Å²) in [4.78, 5) is 0. The second-order valence-corrected chi connectivity index (χ2v) is 5.29. The van der Waals surface area contributed by atoms with Gasteiger partial charge in [0.05, 0.1) is 0 Å². The normalized spacial score (nSPS) is 18.2. The molecule has 0 amide bonds. The van der Waals surface area contributed by atoms with Crippen molar-refractivity contribution < 1.29 is 5.11 Å². The Morgan fingerprint density at radius 2 is 2.00 bits per heavy atom. The fourth-order valence-corrected chi connectivity index (χ4v) is 2.97. The van der Waals surface area contributed by atoms with E-state index in [1.54, 1.807) is 0 Å². The SMILES string of the molecule is CCC(NC)C(C)SC(C)CCO. The van der Waals surface area contributed by atoms with Crippen LogP contribution in [-0.4, -0.2) is 35.3 Å². The van der Waals surface area contributed by atoms with E-state index in [2.05, 4.69) is 26.1 Å². The monoisotopic (exact) mass is 205 g/mol. The van der Waals surface area contributed by atoms with E-state index in [1.165, 1.54) is 0 Å². The summed E-state index contributed by atoms with van der Waals surface area (Å²) in [5, 5.41) is 13.3. The van der Waals surface area contributed by atoms with Gasteiger partial charge in [0.25, 0.3) is 0 Å². The van der Waals surface area contributed by atoms with Crippen LogP contribution >= 0.6 is 11.8 Å². The van der Waals surface area contributed by atoms with E-state index in [9.17, 15) is 0 Å². The molecule has 0 rings (SSSR count). The molecule has 80 valence electrons. The molecular formula is C10H23NOS. The van der Waals surface area contributed by atoms with Crippen molar-refractivity contribution in [2.24, 2.45) is 0 Å². The quantitative estimate of drug-likeness (QED) is 0.665. The van der Waals surface area contributed by atoms with Crippen molar-refractivity contribution in [1.29, 1.82) is 0 Å². The first-order chi connectivity index (χ1) is 6.15. The summed E-state index contributed by atoms with van der Waals surface area (Å²) in [7, 11) is 2.02. The minimum absolute atomic E-state index is 0.303. The van der Waals surface area contributed by atoms with Crippen molar-refractivity contribution >= 4 is 11.8 Å². The maximum atomic E-state index is 8.77. The van der Waals surface area contributed by atoms with E-state index in [-0.39, 0.29) is 0 Å². The first-order valence-electron chi connectivity index (χ1n) is 5.09. The Kier molecular flexibility index (Phi) is 7.81. The van der Waals surface area contributed by atoms with Crippen LogP contribution in [-0.2, 0) is 0 Å². The van der Waals surface area contributed by atoms with Crippen molar-refractivity contribution in [1.82, 2.24) is 5.32 Å². The van der Waals surface area contributed by atoms with Gasteiger partial charge < -0.3 is 10.4 Å². The van der Waals surface area contributed by atoms with Crippen molar-refractivity contribution in [3.05, 3.63) is 0 Å². The number of thioether (sulfide) groups is 1. The van der Waals surface area contributed by atoms with Gasteiger partial charge in [-0.05, 0) is 19.9 Å². The van der Waals surface area contributed by atoms with Crippen LogP contribution in [0.25, 0.3) is 0 Å². The highest BCUT2D eigenvalue weighted by Crippen LogP contribution is 2.23. The van der Waals surface area contributed by atoms with E-state index in [1.807, 2.05) is 18.8 Å². The minimum atomic E-state index is 0.303. The van der Waals surface area contributed by atoms with Gasteiger partial charge in [-0.1, -0.05) is 20.8 Å². The number of aliphatic hydroxyl groups excluding tert-OH is 1. The molecule has 3 heteroatoms. The molecule has 0 spiro atoms. The predicted octanol–water partition coefficient (Wildman–Crippen LogP) is 1.88. The molecule has 0 saturated heterocycles. The molecule has 0 heterocycles. The first kappa shape index (κ1) is 13.3. The molecule has 0 radical (unpaired) electrons. The number of nitrogens with one attached hydrogen (secondary N) is 1. The van der Waals surface area contributed by atoms with Crippen molar-refractivity contribution in [2.75, 3.05) is 13.7 Å². The molecule has 13 heavy (non-hydrogen) atoms. The summed E-state index contributed by atoms with van der Waals surface area (Å²) < 4.78 is 0. The molecule has 0 aliphatic heterocycles. The standard InChI is InChI=1S/C10H23NOS/c1-5-10(11-4)9(3)13-8(2)6-7-12/h8-12H,5-7H2,1-4H3. The molecule has 0 aromatic rings. The molecule has 0 saturated carbocycles. The fourth-order valence-electron chi connectivity index (χ4n) is 1.48. The maximum absolute atomic E-state index is 8.77. The van der Waals surface area contributed by atoms with E-state index < -0.39 is 0 Å². The molecular weight excluding hydrogens is 182 g/mol. The number of rotatable bonds is 7. The van der Waals surface area contributed by atoms with Crippen molar-refractivity contribution in [3.8, 4) is 0 Å². The van der Waals surface area contributed by atoms with E-state index in [4.69, 9.17) is 5.11 Å². The summed E-state index contributed by atoms with van der Waals surface area (Å²) >= 11 is 1.96. The summed E-state index contributed by atoms with van der Waals surface area (Å²) in [6.07, 6.45) is 2.06. The van der Waals surface area contributed by atoms with Gasteiger partial charge >= 0.3 is 0 Å². The molecule has 0 aromatic heterocycles. The van der Waals surface area contributed by atoms with Crippen LogP contribution in [0.3, 0.4) is 0 Å². The van der Waals surface area contributed by atoms with E-state index in [0.717, 1.165) is 12.8 Å². The van der Waals surface area contributed by atoms with Crippen LogP contribution in [0, 0.1) is 0 Å². The lowest BCUT2D eigenvalue weighted by molar-refractivity contribution is 0.288. The number of aliphatic hydroxyl groups is 1. The Balaban J connectivity index is 3.75. The van der Waals surface area contributed by atoms with Gasteiger partial charge in [-0.3, -0.25) is 0 Å². The zero-order valence-electron chi connectivity index (χ0n) is 9.21. The Hall–Kier alpha value is 0.270. The highest BCUT2D eigenvalue weighted by molar-refractivity contribution is 8.00. The summed E-state index contributed by atoms with van der Waals surface area (Å²) in [6, 6.07) is 0.589. The van der Waals surface area contributed by atoms with Crippen LogP contribution in [0.1, 0.15) is 33.6 Å². The molecule has 2 nitrogen and oxygen atoms in total. The second-order valence-electron chi connectivity index (χ2n) is 3.47. The Morgan fingerprint density at radius 1 is 1.38 bits per heavy atom. The minimum Gasteiger partial charge on any atom is -0.396 e. The summed E-state index contributed by atoms with van der Waals surface area (Å²) in [5.41, 5.74) is 0. The average Bonchev–Trinajstić information content (AvgIpc) is 2.06. The first-order valence-corrected chi connectivity index (χ1v) is 6.03. The van der Waals surface area contributed by atoms with Crippen LogP contribution in [0.2, 0.25) is 0 Å². The Morgan fingerprint density at radius 3 is 2.38 bits per heavy atom. The lowest BCUT2D eigenvalue weighted by atomic mass is 10.2. The van der Waals surface area contributed by atoms with Gasteiger partial charge in [-0.15, -0.1) is 0 Å². The van der Waals surface area contributed by atoms with Crippen molar-refractivity contribution in [3.63, 3.8) is 0 Å². The van der Waals surface area contributed by atoms with Gasteiger partial charge in [0.2, 0.25) is 0 Å². The number of hydrogen-bond acceptors (Lipinski definition) is 3. The summed E-state index contributed by atoms with van der Waals surface area (Å²) in [5.74, 6) is 0. The Labute approximate surface area is 86.5 Å². The topological polar surface area (TPSA) is 32.3 Å². The second kappa shape index (κ2) is 7.65. The lowest BCUT2D eigenvalue weighted by Crippen LogP contribution is -2.34. The third-order valence-electron chi connectivity index (χ3n) is 2.36. The molecule has 0 aromatic carbocycles. The highest BCUT2D eigenvalue weighted by atomic mass is 32.2. The highest BCUT2D eigenvalue weighted by Gasteiger charge is 2.16. The zero-order chi connectivity index (χ0) is 10.3. The molecule has 0 bridgehead atoms. The molecule has 0 aliphatic rings. The van der Waals surface area contributed by atoms with Gasteiger partial charge in [0.1, 0.15) is 0 Å². The predicted molar refractivity (Wildman–Crippen MR) is 61.4 cm³/mol.